The van der Waals surface area contributed by atoms with Gasteiger partial charge in [0.2, 0.25) is 0 Å². The van der Waals surface area contributed by atoms with Crippen LogP contribution >= 0.6 is 0 Å². The van der Waals surface area contributed by atoms with Gasteiger partial charge in [-0.15, -0.1) is 0 Å². The Balaban J connectivity index is 3.70. The number of oxime groups is 1. The molecule has 0 fully saturated rings. The first-order chi connectivity index (χ1) is 9.49. The van der Waals surface area contributed by atoms with Gasteiger partial charge in [-0.1, -0.05) is 5.16 Å². The average molecular weight is 324 g/mol. The first kappa shape index (κ1) is 20.3. The molecule has 0 heterocycles. The maximum Gasteiger partial charge on any atom is 0.264 e. The van der Waals surface area contributed by atoms with E-state index in [4.69, 9.17) is 9.57 Å². The fraction of sp³-hybridized carbons (Fsp3) is 0.923. The highest BCUT2D eigenvalue weighted by molar-refractivity contribution is 7.85. The molecule has 126 valence electrons. The topological polar surface area (TPSA) is 77.4 Å². The monoisotopic (exact) mass is 324 g/mol. The van der Waals surface area contributed by atoms with Crippen molar-refractivity contribution in [2.45, 2.75) is 33.3 Å². The van der Waals surface area contributed by atoms with Crippen molar-refractivity contribution in [2.24, 2.45) is 5.16 Å². The van der Waals surface area contributed by atoms with Crippen molar-refractivity contribution in [1.29, 1.82) is 0 Å². The number of ether oxygens (including phenoxy) is 1. The summed E-state index contributed by atoms with van der Waals surface area (Å²) < 4.78 is 31.7. The van der Waals surface area contributed by atoms with Crippen LogP contribution in [0.15, 0.2) is 5.16 Å². The van der Waals surface area contributed by atoms with Gasteiger partial charge in [-0.05, 0) is 34.7 Å². The zero-order valence-electron chi connectivity index (χ0n) is 13.9. The van der Waals surface area contributed by atoms with E-state index in [1.165, 1.54) is 0 Å². The summed E-state index contributed by atoms with van der Waals surface area (Å²) in [4.78, 5) is 7.21. The Bertz CT molecular complexity index is 415. The molecule has 0 atom stereocenters. The van der Waals surface area contributed by atoms with Gasteiger partial charge in [0, 0.05) is 13.1 Å². The summed E-state index contributed by atoms with van der Waals surface area (Å²) in [5, 5.41) is 3.98. The van der Waals surface area contributed by atoms with E-state index in [2.05, 4.69) is 9.34 Å². The summed E-state index contributed by atoms with van der Waals surface area (Å²) in [6.07, 6.45) is 1.04. The standard InChI is InChI=1S/C13H28N2O5S/c1-12(14-20-13(2,3)4)11-18-9-7-15(5)8-10-19-21(6,16)17/h7-11H2,1-6H3. The second-order valence-electron chi connectivity index (χ2n) is 5.91. The van der Waals surface area contributed by atoms with Crippen LogP contribution in [0, 0.1) is 0 Å². The molecule has 0 spiro atoms. The van der Waals surface area contributed by atoms with Crippen LogP contribution in [-0.4, -0.2) is 70.8 Å². The Morgan fingerprint density at radius 2 is 1.76 bits per heavy atom. The van der Waals surface area contributed by atoms with Gasteiger partial charge in [-0.2, -0.15) is 8.42 Å². The van der Waals surface area contributed by atoms with Crippen LogP contribution in [0.5, 0.6) is 0 Å². The third-order valence-electron chi connectivity index (χ3n) is 2.17. The molecule has 0 unspecified atom stereocenters. The number of rotatable bonds is 10. The van der Waals surface area contributed by atoms with Crippen molar-refractivity contribution < 1.29 is 22.2 Å². The van der Waals surface area contributed by atoms with E-state index < -0.39 is 10.1 Å². The van der Waals surface area contributed by atoms with Crippen LogP contribution in [0.2, 0.25) is 0 Å². The number of hydrogen-bond acceptors (Lipinski definition) is 7. The number of nitrogens with zero attached hydrogens (tertiary/aromatic N) is 2. The van der Waals surface area contributed by atoms with Gasteiger partial charge >= 0.3 is 0 Å². The first-order valence-electron chi connectivity index (χ1n) is 6.82. The smallest absolute Gasteiger partial charge is 0.264 e. The third kappa shape index (κ3) is 15.5. The van der Waals surface area contributed by atoms with Gasteiger partial charge in [0.15, 0.2) is 0 Å². The molecule has 0 aromatic carbocycles. The summed E-state index contributed by atoms with van der Waals surface area (Å²) in [5.41, 5.74) is 0.467. The molecule has 0 aliphatic carbocycles. The van der Waals surface area contributed by atoms with Crippen molar-refractivity contribution in [3.63, 3.8) is 0 Å². The highest BCUT2D eigenvalue weighted by atomic mass is 32.2. The molecule has 0 saturated heterocycles. The summed E-state index contributed by atoms with van der Waals surface area (Å²) in [5.74, 6) is 0. The normalized spacial score (nSPS) is 13.8. The number of likely N-dealkylation sites (N-methyl/N-ethyl adjacent to an activating group) is 1. The van der Waals surface area contributed by atoms with Crippen LogP contribution in [-0.2, 0) is 23.9 Å². The minimum Gasteiger partial charge on any atom is -0.390 e. The average Bonchev–Trinajstić information content (AvgIpc) is 2.29. The van der Waals surface area contributed by atoms with Crippen molar-refractivity contribution in [3.05, 3.63) is 0 Å². The molecule has 0 radical (unpaired) electrons. The Morgan fingerprint density at radius 3 is 2.29 bits per heavy atom. The van der Waals surface area contributed by atoms with Crippen LogP contribution in [0.3, 0.4) is 0 Å². The lowest BCUT2D eigenvalue weighted by Crippen LogP contribution is -2.28. The number of hydrogen-bond donors (Lipinski definition) is 0. The molecule has 0 amide bonds. The summed E-state index contributed by atoms with van der Waals surface area (Å²) >= 11 is 0. The molecule has 0 aliphatic rings. The highest BCUT2D eigenvalue weighted by Gasteiger charge is 2.10. The predicted molar refractivity (Wildman–Crippen MR) is 83.1 cm³/mol. The summed E-state index contributed by atoms with van der Waals surface area (Å²) in [7, 11) is -1.49. The Labute approximate surface area is 128 Å². The summed E-state index contributed by atoms with van der Waals surface area (Å²) in [6.45, 7) is 9.91. The van der Waals surface area contributed by atoms with Crippen LogP contribution in [0.4, 0.5) is 0 Å². The molecular weight excluding hydrogens is 296 g/mol. The van der Waals surface area contributed by atoms with E-state index in [1.807, 2.05) is 39.6 Å². The lowest BCUT2D eigenvalue weighted by molar-refractivity contribution is -0.000727. The van der Waals surface area contributed by atoms with E-state index in [9.17, 15) is 8.42 Å². The molecule has 0 N–H and O–H groups in total. The summed E-state index contributed by atoms with van der Waals surface area (Å²) in [6, 6.07) is 0. The fourth-order valence-corrected chi connectivity index (χ4v) is 1.52. The van der Waals surface area contributed by atoms with Crippen molar-refractivity contribution in [1.82, 2.24) is 4.90 Å². The van der Waals surface area contributed by atoms with Crippen molar-refractivity contribution in [2.75, 3.05) is 46.2 Å². The zero-order valence-corrected chi connectivity index (χ0v) is 14.7. The van der Waals surface area contributed by atoms with Crippen LogP contribution < -0.4 is 0 Å². The minimum atomic E-state index is -3.36. The first-order valence-corrected chi connectivity index (χ1v) is 8.63. The molecule has 0 aromatic rings. The van der Waals surface area contributed by atoms with Gasteiger partial charge < -0.3 is 14.5 Å². The van der Waals surface area contributed by atoms with Gasteiger partial charge in [-0.25, -0.2) is 0 Å². The van der Waals surface area contributed by atoms with Crippen molar-refractivity contribution in [3.8, 4) is 0 Å². The predicted octanol–water partition coefficient (Wildman–Crippen LogP) is 1.10. The molecule has 0 aliphatic heterocycles. The molecular formula is C13H28N2O5S. The molecule has 21 heavy (non-hydrogen) atoms. The zero-order chi connectivity index (χ0) is 16.5. The lowest BCUT2D eigenvalue weighted by atomic mass is 10.2. The van der Waals surface area contributed by atoms with Crippen LogP contribution in [0.1, 0.15) is 27.7 Å². The van der Waals surface area contributed by atoms with Gasteiger partial charge in [0.05, 0.1) is 31.8 Å². The van der Waals surface area contributed by atoms with Gasteiger partial charge in [0.1, 0.15) is 5.60 Å². The third-order valence-corrected chi connectivity index (χ3v) is 2.77. The van der Waals surface area contributed by atoms with Crippen LogP contribution in [0.25, 0.3) is 0 Å². The van der Waals surface area contributed by atoms with E-state index >= 15 is 0 Å². The van der Waals surface area contributed by atoms with E-state index in [1.54, 1.807) is 0 Å². The second kappa shape index (κ2) is 9.34. The van der Waals surface area contributed by atoms with E-state index in [0.717, 1.165) is 12.0 Å². The molecule has 0 aromatic heterocycles. The lowest BCUT2D eigenvalue weighted by Gasteiger charge is -2.17. The molecule has 7 nitrogen and oxygen atoms in total. The van der Waals surface area contributed by atoms with Gasteiger partial charge in [-0.3, -0.25) is 4.18 Å². The maximum atomic E-state index is 10.8. The molecule has 0 rings (SSSR count). The largest absolute Gasteiger partial charge is 0.390 e. The Kier molecular flexibility index (Phi) is 9.03. The van der Waals surface area contributed by atoms with Gasteiger partial charge in [0.25, 0.3) is 10.1 Å². The highest BCUT2D eigenvalue weighted by Crippen LogP contribution is 2.06. The van der Waals surface area contributed by atoms with E-state index in [-0.39, 0.29) is 12.2 Å². The second-order valence-corrected chi connectivity index (χ2v) is 7.56. The SMILES string of the molecule is CC(COCCN(C)CCOS(C)(=O)=O)=NOC(C)(C)C. The molecule has 0 saturated carbocycles. The molecule has 8 heteroatoms. The van der Waals surface area contributed by atoms with Crippen molar-refractivity contribution >= 4 is 15.8 Å². The van der Waals surface area contributed by atoms with E-state index in [0.29, 0.717) is 26.3 Å². The fourth-order valence-electron chi connectivity index (χ4n) is 1.14. The molecule has 0 bridgehead atoms. The Hall–Kier alpha value is -0.700. The Morgan fingerprint density at radius 1 is 1.19 bits per heavy atom. The minimum absolute atomic E-state index is 0.148. The maximum absolute atomic E-state index is 10.8. The quantitative estimate of drug-likeness (QED) is 0.259.